The van der Waals surface area contributed by atoms with Crippen LogP contribution in [-0.2, 0) is 17.9 Å². The van der Waals surface area contributed by atoms with Crippen molar-refractivity contribution in [3.05, 3.63) is 65.2 Å². The van der Waals surface area contributed by atoms with E-state index in [0.717, 1.165) is 30.9 Å². The molecule has 4 heteroatoms. The molecule has 1 N–H and O–H groups in total. The molecule has 24 heavy (non-hydrogen) atoms. The van der Waals surface area contributed by atoms with Crippen molar-refractivity contribution in [2.75, 3.05) is 25.5 Å². The summed E-state index contributed by atoms with van der Waals surface area (Å²) in [5.74, 6) is -0.109. The number of methoxy groups -OCH3 is 1. The zero-order valence-corrected chi connectivity index (χ0v) is 14.7. The molecule has 0 radical (unpaired) electrons. The first kappa shape index (κ1) is 18.2. The van der Waals surface area contributed by atoms with Crippen LogP contribution < -0.4 is 5.32 Å². The second-order valence-corrected chi connectivity index (χ2v) is 5.71. The number of nitrogens with zero attached hydrogens (tertiary/aromatic N) is 1. The summed E-state index contributed by atoms with van der Waals surface area (Å²) in [6.07, 6.45) is 0. The van der Waals surface area contributed by atoms with Gasteiger partial charge in [-0.25, -0.2) is 0 Å². The van der Waals surface area contributed by atoms with Crippen molar-refractivity contribution in [1.29, 1.82) is 0 Å². The molecule has 128 valence electrons. The number of carbonyl (C=O) groups is 1. The van der Waals surface area contributed by atoms with E-state index in [4.69, 9.17) is 4.74 Å². The lowest BCUT2D eigenvalue weighted by molar-refractivity contribution is 0.102. The van der Waals surface area contributed by atoms with Crippen molar-refractivity contribution < 1.29 is 9.53 Å². The molecular formula is C20H26N2O2. The van der Waals surface area contributed by atoms with Crippen LogP contribution >= 0.6 is 0 Å². The Bertz CT molecular complexity index is 666. The van der Waals surface area contributed by atoms with Crippen LogP contribution in [0, 0.1) is 0 Å². The van der Waals surface area contributed by atoms with E-state index in [2.05, 4.69) is 30.1 Å². The minimum atomic E-state index is -0.109. The Hall–Kier alpha value is -2.17. The van der Waals surface area contributed by atoms with Gasteiger partial charge in [0.1, 0.15) is 0 Å². The van der Waals surface area contributed by atoms with Crippen molar-refractivity contribution in [2.24, 2.45) is 0 Å². The van der Waals surface area contributed by atoms with Gasteiger partial charge in [0.15, 0.2) is 0 Å². The van der Waals surface area contributed by atoms with E-state index in [-0.39, 0.29) is 5.91 Å². The predicted molar refractivity (Wildman–Crippen MR) is 98.2 cm³/mol. The molecule has 2 aromatic carbocycles. The maximum absolute atomic E-state index is 12.6. The Balaban J connectivity index is 2.12. The lowest BCUT2D eigenvalue weighted by Crippen LogP contribution is -2.22. The average molecular weight is 326 g/mol. The molecule has 2 rings (SSSR count). The second kappa shape index (κ2) is 9.21. The first-order valence-corrected chi connectivity index (χ1v) is 8.37. The minimum absolute atomic E-state index is 0.109. The van der Waals surface area contributed by atoms with Gasteiger partial charge in [0.2, 0.25) is 0 Å². The van der Waals surface area contributed by atoms with Gasteiger partial charge >= 0.3 is 0 Å². The largest absolute Gasteiger partial charge is 0.380 e. The van der Waals surface area contributed by atoms with Crippen molar-refractivity contribution >= 4 is 11.6 Å². The molecule has 0 bridgehead atoms. The number of carbonyl (C=O) groups excluding carboxylic acids is 1. The van der Waals surface area contributed by atoms with E-state index in [1.807, 2.05) is 42.5 Å². The van der Waals surface area contributed by atoms with Crippen molar-refractivity contribution in [1.82, 2.24) is 4.90 Å². The quantitative estimate of drug-likeness (QED) is 0.799. The molecule has 0 unspecified atom stereocenters. The van der Waals surface area contributed by atoms with Gasteiger partial charge in [0.25, 0.3) is 5.91 Å². The van der Waals surface area contributed by atoms with E-state index in [1.165, 1.54) is 5.56 Å². The van der Waals surface area contributed by atoms with Crippen LogP contribution in [-0.4, -0.2) is 31.0 Å². The number of ether oxygens (including phenoxy) is 1. The van der Waals surface area contributed by atoms with Crippen molar-refractivity contribution in [2.45, 2.75) is 27.0 Å². The molecule has 0 atom stereocenters. The van der Waals surface area contributed by atoms with Crippen molar-refractivity contribution in [3.8, 4) is 0 Å². The highest BCUT2D eigenvalue weighted by Crippen LogP contribution is 2.16. The third kappa shape index (κ3) is 4.91. The smallest absolute Gasteiger partial charge is 0.256 e. The molecule has 0 aromatic heterocycles. The summed E-state index contributed by atoms with van der Waals surface area (Å²) in [6, 6.07) is 15.5. The first-order valence-electron chi connectivity index (χ1n) is 8.37. The molecule has 0 saturated carbocycles. The fraction of sp³-hybridized carbons (Fsp3) is 0.350. The third-order valence-electron chi connectivity index (χ3n) is 4.05. The summed E-state index contributed by atoms with van der Waals surface area (Å²) in [5, 5.41) is 2.99. The van der Waals surface area contributed by atoms with Crippen LogP contribution in [0.1, 0.15) is 35.3 Å². The number of hydrogen-bond donors (Lipinski definition) is 1. The van der Waals surface area contributed by atoms with Gasteiger partial charge in [-0.3, -0.25) is 9.69 Å². The fourth-order valence-corrected chi connectivity index (χ4v) is 2.67. The lowest BCUT2D eigenvalue weighted by Gasteiger charge is -2.18. The molecule has 0 spiro atoms. The van der Waals surface area contributed by atoms with Crippen LogP contribution in [0.4, 0.5) is 5.69 Å². The number of benzene rings is 2. The van der Waals surface area contributed by atoms with Crippen LogP contribution in [0.5, 0.6) is 0 Å². The number of nitrogens with one attached hydrogen (secondary N) is 1. The normalized spacial score (nSPS) is 10.8. The zero-order chi connectivity index (χ0) is 17.4. The molecular weight excluding hydrogens is 300 g/mol. The summed E-state index contributed by atoms with van der Waals surface area (Å²) >= 11 is 0. The molecule has 1 amide bonds. The lowest BCUT2D eigenvalue weighted by atomic mass is 10.1. The average Bonchev–Trinajstić information content (AvgIpc) is 2.60. The molecule has 0 aliphatic heterocycles. The highest BCUT2D eigenvalue weighted by atomic mass is 16.5. The van der Waals surface area contributed by atoms with E-state index in [9.17, 15) is 4.79 Å². The van der Waals surface area contributed by atoms with Gasteiger partial charge in [-0.05, 0) is 42.4 Å². The van der Waals surface area contributed by atoms with Crippen LogP contribution in [0.3, 0.4) is 0 Å². The van der Waals surface area contributed by atoms with Gasteiger partial charge in [0, 0.05) is 24.9 Å². The zero-order valence-electron chi connectivity index (χ0n) is 14.7. The van der Waals surface area contributed by atoms with Crippen LogP contribution in [0.25, 0.3) is 0 Å². The van der Waals surface area contributed by atoms with Gasteiger partial charge in [-0.15, -0.1) is 0 Å². The number of rotatable bonds is 8. The van der Waals surface area contributed by atoms with E-state index >= 15 is 0 Å². The van der Waals surface area contributed by atoms with Crippen molar-refractivity contribution in [3.63, 3.8) is 0 Å². The predicted octanol–water partition coefficient (Wildman–Crippen LogP) is 3.93. The topological polar surface area (TPSA) is 41.6 Å². The number of anilines is 1. The van der Waals surface area contributed by atoms with Gasteiger partial charge < -0.3 is 10.1 Å². The monoisotopic (exact) mass is 326 g/mol. The van der Waals surface area contributed by atoms with E-state index in [1.54, 1.807) is 7.11 Å². The second-order valence-electron chi connectivity index (χ2n) is 5.71. The molecule has 0 fully saturated rings. The number of hydrogen-bond acceptors (Lipinski definition) is 3. The molecule has 0 aliphatic rings. The maximum Gasteiger partial charge on any atom is 0.256 e. The molecule has 2 aromatic rings. The van der Waals surface area contributed by atoms with Gasteiger partial charge in [-0.1, -0.05) is 44.2 Å². The number of amides is 1. The summed E-state index contributed by atoms with van der Waals surface area (Å²) < 4.78 is 5.17. The standard InChI is InChI=1S/C20H26N2O2/c1-4-22(5-2)14-16-9-8-11-18(13-16)21-20(23)19-12-7-6-10-17(19)15-24-3/h6-13H,4-5,14-15H2,1-3H3,(H,21,23). The Morgan fingerprint density at radius 1 is 1.08 bits per heavy atom. The molecule has 0 heterocycles. The van der Waals surface area contributed by atoms with Gasteiger partial charge in [0.05, 0.1) is 6.61 Å². The Morgan fingerprint density at radius 2 is 1.83 bits per heavy atom. The summed E-state index contributed by atoms with van der Waals surface area (Å²) in [6.45, 7) is 7.64. The summed E-state index contributed by atoms with van der Waals surface area (Å²) in [4.78, 5) is 14.9. The SMILES string of the molecule is CCN(CC)Cc1cccc(NC(=O)c2ccccc2COC)c1. The highest BCUT2D eigenvalue weighted by Gasteiger charge is 2.11. The third-order valence-corrected chi connectivity index (χ3v) is 4.05. The highest BCUT2D eigenvalue weighted by molar-refractivity contribution is 6.05. The van der Waals surface area contributed by atoms with Crippen LogP contribution in [0.15, 0.2) is 48.5 Å². The summed E-state index contributed by atoms with van der Waals surface area (Å²) in [5.41, 5.74) is 3.55. The van der Waals surface area contributed by atoms with E-state index in [0.29, 0.717) is 12.2 Å². The van der Waals surface area contributed by atoms with Crippen LogP contribution in [0.2, 0.25) is 0 Å². The fourth-order valence-electron chi connectivity index (χ4n) is 2.67. The van der Waals surface area contributed by atoms with Gasteiger partial charge in [-0.2, -0.15) is 0 Å². The first-order chi connectivity index (χ1) is 11.7. The Morgan fingerprint density at radius 3 is 2.54 bits per heavy atom. The Labute approximate surface area is 144 Å². The minimum Gasteiger partial charge on any atom is -0.380 e. The molecule has 0 saturated heterocycles. The summed E-state index contributed by atoms with van der Waals surface area (Å²) in [7, 11) is 1.63. The molecule has 4 nitrogen and oxygen atoms in total. The maximum atomic E-state index is 12.6. The molecule has 0 aliphatic carbocycles. The van der Waals surface area contributed by atoms with E-state index < -0.39 is 0 Å². The Kier molecular flexibility index (Phi) is 6.97.